The Bertz CT molecular complexity index is 521. The van der Waals surface area contributed by atoms with E-state index in [2.05, 4.69) is 5.32 Å². The molecule has 0 unspecified atom stereocenters. The number of nitro groups is 1. The Hall–Kier alpha value is -1.95. The maximum atomic E-state index is 12.0. The number of nitrogens with zero attached hydrogens (tertiary/aromatic N) is 1. The molecule has 20 heavy (non-hydrogen) atoms. The van der Waals surface area contributed by atoms with Crippen LogP contribution < -0.4 is 11.1 Å². The lowest BCUT2D eigenvalue weighted by molar-refractivity contribution is -0.385. The fraction of sp³-hybridized carbons (Fsp3) is 0.500. The molecule has 110 valence electrons. The number of carbonyl (C=O) groups excluding carboxylic acids is 1. The number of hydrogen-bond donors (Lipinski definition) is 2. The van der Waals surface area contributed by atoms with Crippen molar-refractivity contribution in [3.8, 4) is 0 Å². The minimum Gasteiger partial charge on any atom is -0.324 e. The summed E-state index contributed by atoms with van der Waals surface area (Å²) in [5, 5.41) is 13.6. The molecule has 0 saturated carbocycles. The summed E-state index contributed by atoms with van der Waals surface area (Å²) in [5.74, 6) is -0.351. The molecule has 1 aromatic rings. The van der Waals surface area contributed by atoms with Crippen LogP contribution in [0.4, 0.5) is 11.4 Å². The summed E-state index contributed by atoms with van der Waals surface area (Å²) in [7, 11) is 0. The number of carbonyl (C=O) groups is 1. The van der Waals surface area contributed by atoms with Gasteiger partial charge in [0.2, 0.25) is 5.91 Å². The Kier molecular flexibility index (Phi) is 4.83. The first-order valence-electron chi connectivity index (χ1n) is 6.50. The van der Waals surface area contributed by atoms with Crippen LogP contribution in [0.3, 0.4) is 0 Å². The molecule has 1 atom stereocenters. The molecular weight excluding hydrogens is 258 g/mol. The van der Waals surface area contributed by atoms with Crippen LogP contribution in [0.25, 0.3) is 0 Å². The van der Waals surface area contributed by atoms with Crippen LogP contribution in [-0.2, 0) is 11.2 Å². The van der Waals surface area contributed by atoms with Gasteiger partial charge in [-0.05, 0) is 17.9 Å². The highest BCUT2D eigenvalue weighted by molar-refractivity contribution is 5.95. The monoisotopic (exact) mass is 279 g/mol. The van der Waals surface area contributed by atoms with E-state index in [-0.39, 0.29) is 17.0 Å². The van der Waals surface area contributed by atoms with Crippen LogP contribution in [0.2, 0.25) is 0 Å². The second-order valence-corrected chi connectivity index (χ2v) is 5.79. The van der Waals surface area contributed by atoms with Gasteiger partial charge in [0.15, 0.2) is 0 Å². The zero-order valence-electron chi connectivity index (χ0n) is 12.3. The predicted molar refractivity (Wildman–Crippen MR) is 78.5 cm³/mol. The number of hydrogen-bond acceptors (Lipinski definition) is 4. The standard InChI is InChI=1S/C14H21N3O3/c1-5-9-6-7-10(8-11(9)17(19)20)16-13(18)12(15)14(2,3)4/h6-8,12H,5,15H2,1-4H3,(H,16,18)/t12-/m0/s1. The predicted octanol–water partition coefficient (Wildman–Crippen LogP) is 2.47. The van der Waals surface area contributed by atoms with Crippen molar-refractivity contribution < 1.29 is 9.72 Å². The molecule has 0 aliphatic rings. The van der Waals surface area contributed by atoms with Gasteiger partial charge >= 0.3 is 0 Å². The summed E-state index contributed by atoms with van der Waals surface area (Å²) in [6, 6.07) is 3.98. The van der Waals surface area contributed by atoms with E-state index < -0.39 is 11.0 Å². The maximum absolute atomic E-state index is 12.0. The molecule has 0 aliphatic heterocycles. The minimum atomic E-state index is -0.688. The van der Waals surface area contributed by atoms with Crippen molar-refractivity contribution in [3.05, 3.63) is 33.9 Å². The second kappa shape index (κ2) is 6.00. The number of aryl methyl sites for hydroxylation is 1. The highest BCUT2D eigenvalue weighted by Gasteiger charge is 2.27. The van der Waals surface area contributed by atoms with E-state index in [9.17, 15) is 14.9 Å². The summed E-state index contributed by atoms with van der Waals surface area (Å²) in [6.07, 6.45) is 0.562. The van der Waals surface area contributed by atoms with Crippen molar-refractivity contribution in [2.75, 3.05) is 5.32 Å². The van der Waals surface area contributed by atoms with Crippen LogP contribution >= 0.6 is 0 Å². The number of nitro benzene ring substituents is 1. The van der Waals surface area contributed by atoms with Gasteiger partial charge in [-0.2, -0.15) is 0 Å². The number of nitrogens with one attached hydrogen (secondary N) is 1. The fourth-order valence-corrected chi connectivity index (χ4v) is 1.72. The van der Waals surface area contributed by atoms with E-state index in [1.807, 2.05) is 27.7 Å². The van der Waals surface area contributed by atoms with Crippen LogP contribution in [0.1, 0.15) is 33.3 Å². The molecule has 0 aliphatic carbocycles. The van der Waals surface area contributed by atoms with Crippen molar-refractivity contribution in [3.63, 3.8) is 0 Å². The summed E-state index contributed by atoms with van der Waals surface area (Å²) in [5.41, 5.74) is 6.50. The van der Waals surface area contributed by atoms with E-state index in [0.717, 1.165) is 0 Å². The zero-order valence-corrected chi connectivity index (χ0v) is 12.3. The summed E-state index contributed by atoms with van der Waals surface area (Å²) in [6.45, 7) is 7.43. The van der Waals surface area contributed by atoms with Crippen LogP contribution in [0.5, 0.6) is 0 Å². The maximum Gasteiger partial charge on any atom is 0.274 e. The van der Waals surface area contributed by atoms with Crippen LogP contribution in [0.15, 0.2) is 18.2 Å². The molecule has 1 rings (SSSR count). The lowest BCUT2D eigenvalue weighted by Crippen LogP contribution is -2.45. The molecule has 0 fully saturated rings. The van der Waals surface area contributed by atoms with Crippen molar-refractivity contribution in [1.82, 2.24) is 0 Å². The third-order valence-electron chi connectivity index (χ3n) is 3.15. The Balaban J connectivity index is 2.97. The van der Waals surface area contributed by atoms with Crippen LogP contribution in [0, 0.1) is 15.5 Å². The number of benzene rings is 1. The van der Waals surface area contributed by atoms with Gasteiger partial charge in [0, 0.05) is 17.3 Å². The average Bonchev–Trinajstić information content (AvgIpc) is 2.36. The summed E-state index contributed by atoms with van der Waals surface area (Å²) < 4.78 is 0. The first-order chi connectivity index (χ1) is 9.16. The van der Waals surface area contributed by atoms with Crippen molar-refractivity contribution >= 4 is 17.3 Å². The zero-order chi connectivity index (χ0) is 15.5. The Labute approximate surface area is 118 Å². The number of amides is 1. The number of nitrogens with two attached hydrogens (primary N) is 1. The summed E-state index contributed by atoms with van der Waals surface area (Å²) in [4.78, 5) is 22.5. The van der Waals surface area contributed by atoms with Crippen molar-refractivity contribution in [1.29, 1.82) is 0 Å². The van der Waals surface area contributed by atoms with Gasteiger partial charge in [-0.25, -0.2) is 0 Å². The first-order valence-corrected chi connectivity index (χ1v) is 6.50. The minimum absolute atomic E-state index is 0.00892. The first kappa shape index (κ1) is 16.1. The molecule has 0 radical (unpaired) electrons. The average molecular weight is 279 g/mol. The van der Waals surface area contributed by atoms with Gasteiger partial charge in [-0.15, -0.1) is 0 Å². The molecule has 0 heterocycles. The highest BCUT2D eigenvalue weighted by Crippen LogP contribution is 2.25. The normalized spacial score (nSPS) is 12.8. The molecular formula is C14H21N3O3. The smallest absolute Gasteiger partial charge is 0.274 e. The molecule has 1 amide bonds. The summed E-state index contributed by atoms with van der Waals surface area (Å²) >= 11 is 0. The largest absolute Gasteiger partial charge is 0.324 e. The quantitative estimate of drug-likeness (QED) is 0.653. The van der Waals surface area contributed by atoms with E-state index in [1.165, 1.54) is 6.07 Å². The fourth-order valence-electron chi connectivity index (χ4n) is 1.72. The topological polar surface area (TPSA) is 98.3 Å². The Morgan fingerprint density at radius 3 is 2.50 bits per heavy atom. The Morgan fingerprint density at radius 1 is 1.45 bits per heavy atom. The van der Waals surface area contributed by atoms with E-state index in [4.69, 9.17) is 5.73 Å². The van der Waals surface area contributed by atoms with Crippen molar-refractivity contribution in [2.45, 2.75) is 40.2 Å². The van der Waals surface area contributed by atoms with E-state index in [0.29, 0.717) is 17.7 Å². The SMILES string of the molecule is CCc1ccc(NC(=O)[C@H](N)C(C)(C)C)cc1[N+](=O)[O-]. The molecule has 6 heteroatoms. The van der Waals surface area contributed by atoms with Crippen molar-refractivity contribution in [2.24, 2.45) is 11.1 Å². The molecule has 0 saturated heterocycles. The van der Waals surface area contributed by atoms with E-state index >= 15 is 0 Å². The molecule has 0 aromatic heterocycles. The lowest BCUT2D eigenvalue weighted by atomic mass is 9.87. The Morgan fingerprint density at radius 2 is 2.05 bits per heavy atom. The molecule has 6 nitrogen and oxygen atoms in total. The van der Waals surface area contributed by atoms with Gasteiger partial charge in [0.05, 0.1) is 11.0 Å². The van der Waals surface area contributed by atoms with Gasteiger partial charge in [0.25, 0.3) is 5.69 Å². The van der Waals surface area contributed by atoms with E-state index in [1.54, 1.807) is 12.1 Å². The van der Waals surface area contributed by atoms with Gasteiger partial charge in [0.1, 0.15) is 0 Å². The molecule has 0 spiro atoms. The third kappa shape index (κ3) is 3.77. The van der Waals surface area contributed by atoms with Crippen LogP contribution in [-0.4, -0.2) is 16.9 Å². The second-order valence-electron chi connectivity index (χ2n) is 5.79. The third-order valence-corrected chi connectivity index (χ3v) is 3.15. The number of rotatable bonds is 4. The molecule has 1 aromatic carbocycles. The molecule has 0 bridgehead atoms. The van der Waals surface area contributed by atoms with Gasteiger partial charge in [-0.3, -0.25) is 14.9 Å². The lowest BCUT2D eigenvalue weighted by Gasteiger charge is -2.25. The number of anilines is 1. The highest BCUT2D eigenvalue weighted by atomic mass is 16.6. The van der Waals surface area contributed by atoms with Gasteiger partial charge < -0.3 is 11.1 Å². The molecule has 3 N–H and O–H groups in total. The van der Waals surface area contributed by atoms with Gasteiger partial charge in [-0.1, -0.05) is 33.8 Å².